The number of halogens is 1. The van der Waals surface area contributed by atoms with Crippen molar-refractivity contribution in [2.24, 2.45) is 7.05 Å². The standard InChI is InChI=1S/C14H18FN3O/c1-10(16-9-12-6-7-18(2)17-12)11-4-5-14(19-3)13(15)8-11/h4-8,10,16H,9H2,1-3H3. The summed E-state index contributed by atoms with van der Waals surface area (Å²) in [5, 5.41) is 7.59. The van der Waals surface area contributed by atoms with Crippen LogP contribution >= 0.6 is 0 Å². The van der Waals surface area contributed by atoms with E-state index in [4.69, 9.17) is 4.74 Å². The van der Waals surface area contributed by atoms with E-state index in [0.29, 0.717) is 6.54 Å². The van der Waals surface area contributed by atoms with E-state index in [1.807, 2.05) is 32.3 Å². The molecule has 2 rings (SSSR count). The number of methoxy groups -OCH3 is 1. The third-order valence-corrected chi connectivity index (χ3v) is 3.03. The zero-order chi connectivity index (χ0) is 13.8. The van der Waals surface area contributed by atoms with E-state index in [9.17, 15) is 4.39 Å². The average molecular weight is 263 g/mol. The number of ether oxygens (including phenoxy) is 1. The van der Waals surface area contributed by atoms with Crippen molar-refractivity contribution < 1.29 is 9.13 Å². The third kappa shape index (κ3) is 3.32. The highest BCUT2D eigenvalue weighted by Crippen LogP contribution is 2.21. The van der Waals surface area contributed by atoms with Crippen molar-refractivity contribution in [2.75, 3.05) is 7.11 Å². The van der Waals surface area contributed by atoms with Gasteiger partial charge in [0.2, 0.25) is 0 Å². The molecule has 5 heteroatoms. The minimum Gasteiger partial charge on any atom is -0.494 e. The first-order chi connectivity index (χ1) is 9.10. The second kappa shape index (κ2) is 5.84. The summed E-state index contributed by atoms with van der Waals surface area (Å²) in [5.41, 5.74) is 1.84. The van der Waals surface area contributed by atoms with Gasteiger partial charge in [-0.15, -0.1) is 0 Å². The van der Waals surface area contributed by atoms with Gasteiger partial charge in [-0.3, -0.25) is 4.68 Å². The van der Waals surface area contributed by atoms with Gasteiger partial charge in [0.1, 0.15) is 0 Å². The Morgan fingerprint density at radius 2 is 2.21 bits per heavy atom. The summed E-state index contributed by atoms with van der Waals surface area (Å²) in [5.74, 6) is -0.0767. The number of nitrogens with one attached hydrogen (secondary N) is 1. The lowest BCUT2D eigenvalue weighted by atomic mass is 10.1. The normalized spacial score (nSPS) is 12.4. The van der Waals surface area contributed by atoms with Crippen LogP contribution < -0.4 is 10.1 Å². The van der Waals surface area contributed by atoms with E-state index in [-0.39, 0.29) is 17.6 Å². The fourth-order valence-electron chi connectivity index (χ4n) is 1.88. The van der Waals surface area contributed by atoms with Crippen LogP contribution in [-0.2, 0) is 13.6 Å². The molecule has 0 aliphatic carbocycles. The molecule has 0 aliphatic heterocycles. The Labute approximate surface area is 112 Å². The maximum absolute atomic E-state index is 13.6. The molecular formula is C14H18FN3O. The van der Waals surface area contributed by atoms with Crippen LogP contribution in [0.15, 0.2) is 30.5 Å². The Morgan fingerprint density at radius 3 is 2.79 bits per heavy atom. The first kappa shape index (κ1) is 13.5. The Balaban J connectivity index is 1.99. The van der Waals surface area contributed by atoms with Crippen LogP contribution in [0.4, 0.5) is 4.39 Å². The lowest BCUT2D eigenvalue weighted by Gasteiger charge is -2.14. The molecule has 0 bridgehead atoms. The Morgan fingerprint density at radius 1 is 1.42 bits per heavy atom. The van der Waals surface area contributed by atoms with Crippen molar-refractivity contribution >= 4 is 0 Å². The smallest absolute Gasteiger partial charge is 0.165 e. The lowest BCUT2D eigenvalue weighted by molar-refractivity contribution is 0.385. The van der Waals surface area contributed by atoms with Crippen molar-refractivity contribution in [1.29, 1.82) is 0 Å². The minimum absolute atomic E-state index is 0.0439. The highest BCUT2D eigenvalue weighted by atomic mass is 19.1. The van der Waals surface area contributed by atoms with E-state index < -0.39 is 0 Å². The van der Waals surface area contributed by atoms with Crippen LogP contribution in [0, 0.1) is 5.82 Å². The maximum atomic E-state index is 13.6. The van der Waals surface area contributed by atoms with Crippen LogP contribution in [0.1, 0.15) is 24.2 Å². The topological polar surface area (TPSA) is 39.1 Å². The lowest BCUT2D eigenvalue weighted by Crippen LogP contribution is -2.18. The minimum atomic E-state index is -0.341. The Kier molecular flexibility index (Phi) is 4.16. The van der Waals surface area contributed by atoms with Gasteiger partial charge >= 0.3 is 0 Å². The summed E-state index contributed by atoms with van der Waals surface area (Å²) in [6.45, 7) is 2.64. The summed E-state index contributed by atoms with van der Waals surface area (Å²) in [6.07, 6.45) is 1.90. The van der Waals surface area contributed by atoms with E-state index in [1.165, 1.54) is 13.2 Å². The van der Waals surface area contributed by atoms with Crippen LogP contribution in [0.5, 0.6) is 5.75 Å². The second-order valence-electron chi connectivity index (χ2n) is 4.48. The van der Waals surface area contributed by atoms with E-state index >= 15 is 0 Å². The summed E-state index contributed by atoms with van der Waals surface area (Å²) >= 11 is 0. The molecule has 4 nitrogen and oxygen atoms in total. The SMILES string of the molecule is COc1ccc(C(C)NCc2ccn(C)n2)cc1F. The van der Waals surface area contributed by atoms with Crippen molar-refractivity contribution in [1.82, 2.24) is 15.1 Å². The molecule has 1 aromatic carbocycles. The van der Waals surface area contributed by atoms with Crippen molar-refractivity contribution in [3.8, 4) is 5.75 Å². The molecule has 1 unspecified atom stereocenters. The quantitative estimate of drug-likeness (QED) is 0.900. The van der Waals surface area contributed by atoms with Crippen molar-refractivity contribution in [2.45, 2.75) is 19.5 Å². The van der Waals surface area contributed by atoms with Crippen LogP contribution in [0.25, 0.3) is 0 Å². The van der Waals surface area contributed by atoms with Gasteiger partial charge in [0.25, 0.3) is 0 Å². The molecule has 0 spiro atoms. The van der Waals surface area contributed by atoms with Gasteiger partial charge in [0.05, 0.1) is 12.8 Å². The average Bonchev–Trinajstić information content (AvgIpc) is 2.81. The second-order valence-corrected chi connectivity index (χ2v) is 4.48. The highest BCUT2D eigenvalue weighted by molar-refractivity contribution is 5.30. The molecule has 0 amide bonds. The molecule has 0 aliphatic rings. The summed E-state index contributed by atoms with van der Waals surface area (Å²) in [6, 6.07) is 6.99. The van der Waals surface area contributed by atoms with E-state index in [2.05, 4.69) is 10.4 Å². The zero-order valence-corrected chi connectivity index (χ0v) is 11.4. The zero-order valence-electron chi connectivity index (χ0n) is 11.4. The first-order valence-corrected chi connectivity index (χ1v) is 6.15. The van der Waals surface area contributed by atoms with Gasteiger partial charge in [-0.2, -0.15) is 5.10 Å². The molecule has 1 aromatic heterocycles. The van der Waals surface area contributed by atoms with Gasteiger partial charge in [0.15, 0.2) is 11.6 Å². The molecular weight excluding hydrogens is 245 g/mol. The van der Waals surface area contributed by atoms with Crippen LogP contribution in [-0.4, -0.2) is 16.9 Å². The fraction of sp³-hybridized carbons (Fsp3) is 0.357. The van der Waals surface area contributed by atoms with E-state index in [0.717, 1.165) is 11.3 Å². The monoisotopic (exact) mass is 263 g/mol. The van der Waals surface area contributed by atoms with Crippen LogP contribution in [0.3, 0.4) is 0 Å². The predicted molar refractivity (Wildman–Crippen MR) is 71.4 cm³/mol. The molecule has 0 saturated carbocycles. The number of aromatic nitrogens is 2. The van der Waals surface area contributed by atoms with E-state index in [1.54, 1.807) is 10.7 Å². The van der Waals surface area contributed by atoms with Gasteiger partial charge in [-0.25, -0.2) is 4.39 Å². The molecule has 2 aromatic rings. The Hall–Kier alpha value is -1.88. The summed E-state index contributed by atoms with van der Waals surface area (Å²) in [4.78, 5) is 0. The fourth-order valence-corrected chi connectivity index (χ4v) is 1.88. The number of hydrogen-bond acceptors (Lipinski definition) is 3. The highest BCUT2D eigenvalue weighted by Gasteiger charge is 2.09. The number of aryl methyl sites for hydroxylation is 1. The summed E-state index contributed by atoms with van der Waals surface area (Å²) < 4.78 is 20.3. The predicted octanol–water partition coefficient (Wildman–Crippen LogP) is 2.42. The molecule has 1 N–H and O–H groups in total. The molecule has 102 valence electrons. The maximum Gasteiger partial charge on any atom is 0.165 e. The first-order valence-electron chi connectivity index (χ1n) is 6.15. The Bertz CT molecular complexity index is 553. The molecule has 1 atom stereocenters. The van der Waals surface area contributed by atoms with Crippen LogP contribution in [0.2, 0.25) is 0 Å². The molecule has 0 saturated heterocycles. The molecule has 19 heavy (non-hydrogen) atoms. The van der Waals surface area contributed by atoms with Gasteiger partial charge in [-0.1, -0.05) is 6.07 Å². The molecule has 0 fully saturated rings. The summed E-state index contributed by atoms with van der Waals surface area (Å²) in [7, 11) is 3.34. The number of hydrogen-bond donors (Lipinski definition) is 1. The largest absolute Gasteiger partial charge is 0.494 e. The van der Waals surface area contributed by atoms with Crippen molar-refractivity contribution in [3.63, 3.8) is 0 Å². The van der Waals surface area contributed by atoms with Gasteiger partial charge in [0, 0.05) is 25.8 Å². The molecule has 0 radical (unpaired) electrons. The number of nitrogens with zero attached hydrogens (tertiary/aromatic N) is 2. The number of benzene rings is 1. The van der Waals surface area contributed by atoms with Crippen molar-refractivity contribution in [3.05, 3.63) is 47.5 Å². The molecule has 1 heterocycles. The van der Waals surface area contributed by atoms with Gasteiger partial charge < -0.3 is 10.1 Å². The third-order valence-electron chi connectivity index (χ3n) is 3.03. The van der Waals surface area contributed by atoms with Gasteiger partial charge in [-0.05, 0) is 30.7 Å². The number of rotatable bonds is 5.